The lowest BCUT2D eigenvalue weighted by Gasteiger charge is -2.44. The lowest BCUT2D eigenvalue weighted by Crippen LogP contribution is -2.60. The molecule has 6 heteroatoms. The van der Waals surface area contributed by atoms with E-state index in [4.69, 9.17) is 18.9 Å². The molecule has 3 aromatic carbocycles. The maximum absolute atomic E-state index is 10.8. The summed E-state index contributed by atoms with van der Waals surface area (Å²) in [4.78, 5) is 0. The molecule has 1 aliphatic heterocycles. The molecule has 0 unspecified atom stereocenters. The van der Waals surface area contributed by atoms with Crippen LogP contribution < -0.4 is 0 Å². The molecule has 1 saturated heterocycles. The molecule has 5 nitrogen and oxygen atoms in total. The minimum Gasteiger partial charge on any atom is -0.368 e. The van der Waals surface area contributed by atoms with Gasteiger partial charge >= 0.3 is 0 Å². The number of ether oxygens (including phenoxy) is 4. The SMILES string of the molecule is O[C@H]1O[C@@H](CI)[C@H](OCc2ccccc2)[C@@H](OCc2ccccc2)[C@@H]1OCc1ccccc1. The fourth-order valence-corrected chi connectivity index (χ4v) is 4.60. The van der Waals surface area contributed by atoms with Crippen molar-refractivity contribution in [2.24, 2.45) is 0 Å². The Bertz CT molecular complexity index is 941. The van der Waals surface area contributed by atoms with Crippen molar-refractivity contribution >= 4 is 22.6 Å². The van der Waals surface area contributed by atoms with Gasteiger partial charge in [-0.05, 0) is 16.7 Å². The molecule has 0 radical (unpaired) electrons. The minimum atomic E-state index is -1.11. The molecule has 0 amide bonds. The number of rotatable bonds is 10. The maximum atomic E-state index is 10.8. The fourth-order valence-electron chi connectivity index (χ4n) is 3.89. The Labute approximate surface area is 208 Å². The standard InChI is InChI=1S/C27H29IO5/c28-16-23-24(30-17-20-10-4-1-5-11-20)25(31-18-21-12-6-2-7-13-21)26(27(29)33-23)32-19-22-14-8-3-9-15-22/h1-15,23-27,29H,16-19H2/t23-,24-,25+,26-,27-/m0/s1. The summed E-state index contributed by atoms with van der Waals surface area (Å²) in [7, 11) is 0. The molecule has 1 heterocycles. The smallest absolute Gasteiger partial charge is 0.184 e. The van der Waals surface area contributed by atoms with Crippen LogP contribution in [0.1, 0.15) is 16.7 Å². The van der Waals surface area contributed by atoms with Crippen molar-refractivity contribution in [1.82, 2.24) is 0 Å². The van der Waals surface area contributed by atoms with Crippen molar-refractivity contribution in [2.45, 2.75) is 50.5 Å². The number of hydrogen-bond donors (Lipinski definition) is 1. The van der Waals surface area contributed by atoms with E-state index in [1.807, 2.05) is 91.0 Å². The van der Waals surface area contributed by atoms with Crippen LogP contribution in [0.15, 0.2) is 91.0 Å². The third kappa shape index (κ3) is 6.85. The molecule has 174 valence electrons. The number of hydrogen-bond acceptors (Lipinski definition) is 5. The van der Waals surface area contributed by atoms with Gasteiger partial charge in [-0.1, -0.05) is 114 Å². The zero-order chi connectivity index (χ0) is 22.9. The van der Waals surface area contributed by atoms with Crippen molar-refractivity contribution in [2.75, 3.05) is 4.43 Å². The number of aliphatic hydroxyl groups is 1. The first-order chi connectivity index (χ1) is 16.2. The minimum absolute atomic E-state index is 0.318. The number of aliphatic hydroxyl groups excluding tert-OH is 1. The van der Waals surface area contributed by atoms with E-state index in [1.54, 1.807) is 0 Å². The Morgan fingerprint density at radius 3 is 1.42 bits per heavy atom. The summed E-state index contributed by atoms with van der Waals surface area (Å²) in [5.74, 6) is 0. The molecule has 0 saturated carbocycles. The van der Waals surface area contributed by atoms with E-state index in [0.717, 1.165) is 16.7 Å². The highest BCUT2D eigenvalue weighted by Gasteiger charge is 2.47. The molecule has 3 aromatic rings. The van der Waals surface area contributed by atoms with Gasteiger partial charge in [0.25, 0.3) is 0 Å². The maximum Gasteiger partial charge on any atom is 0.184 e. The largest absolute Gasteiger partial charge is 0.368 e. The molecule has 0 aromatic heterocycles. The zero-order valence-electron chi connectivity index (χ0n) is 18.3. The average molecular weight is 560 g/mol. The lowest BCUT2D eigenvalue weighted by atomic mass is 9.98. The summed E-state index contributed by atoms with van der Waals surface area (Å²) in [6, 6.07) is 29.9. The van der Waals surface area contributed by atoms with Crippen molar-refractivity contribution in [3.05, 3.63) is 108 Å². The molecule has 33 heavy (non-hydrogen) atoms. The summed E-state index contributed by atoms with van der Waals surface area (Å²) in [5, 5.41) is 10.8. The summed E-state index contributed by atoms with van der Waals surface area (Å²) in [6.07, 6.45) is -3.00. The third-order valence-electron chi connectivity index (χ3n) is 5.62. The molecule has 1 aliphatic rings. The van der Waals surface area contributed by atoms with E-state index >= 15 is 0 Å². The fraction of sp³-hybridized carbons (Fsp3) is 0.333. The van der Waals surface area contributed by atoms with Gasteiger partial charge in [0, 0.05) is 4.43 Å². The Kier molecular flexibility index (Phi) is 9.28. The first kappa shape index (κ1) is 24.3. The molecule has 0 bridgehead atoms. The van der Waals surface area contributed by atoms with Gasteiger partial charge < -0.3 is 24.1 Å². The first-order valence-electron chi connectivity index (χ1n) is 11.1. The Morgan fingerprint density at radius 1 is 0.606 bits per heavy atom. The van der Waals surface area contributed by atoms with Crippen LogP contribution in [0.2, 0.25) is 0 Å². The van der Waals surface area contributed by atoms with Crippen molar-refractivity contribution in [3.8, 4) is 0 Å². The first-order valence-corrected chi connectivity index (χ1v) is 12.6. The van der Waals surface area contributed by atoms with Crippen LogP contribution in [0.3, 0.4) is 0 Å². The third-order valence-corrected chi connectivity index (χ3v) is 6.49. The Morgan fingerprint density at radius 2 is 1.00 bits per heavy atom. The Balaban J connectivity index is 1.53. The normalized spacial score (nSPS) is 25.1. The van der Waals surface area contributed by atoms with Crippen LogP contribution in [0.5, 0.6) is 0 Å². The van der Waals surface area contributed by atoms with Crippen molar-refractivity contribution in [1.29, 1.82) is 0 Å². The topological polar surface area (TPSA) is 57.2 Å². The highest BCUT2D eigenvalue weighted by atomic mass is 127. The second-order valence-electron chi connectivity index (χ2n) is 8.00. The van der Waals surface area contributed by atoms with E-state index in [9.17, 15) is 5.11 Å². The molecule has 1 N–H and O–H groups in total. The van der Waals surface area contributed by atoms with Gasteiger partial charge in [0.2, 0.25) is 0 Å². The average Bonchev–Trinajstić information content (AvgIpc) is 2.87. The highest BCUT2D eigenvalue weighted by molar-refractivity contribution is 14.1. The van der Waals surface area contributed by atoms with Gasteiger partial charge in [-0.25, -0.2) is 0 Å². The number of benzene rings is 3. The van der Waals surface area contributed by atoms with E-state index < -0.39 is 24.6 Å². The van der Waals surface area contributed by atoms with E-state index in [-0.39, 0.29) is 6.10 Å². The van der Waals surface area contributed by atoms with Gasteiger partial charge in [-0.3, -0.25) is 0 Å². The van der Waals surface area contributed by atoms with E-state index in [1.165, 1.54) is 0 Å². The summed E-state index contributed by atoms with van der Waals surface area (Å²) < 4.78 is 25.5. The van der Waals surface area contributed by atoms with Crippen molar-refractivity contribution < 1.29 is 24.1 Å². The van der Waals surface area contributed by atoms with Crippen LogP contribution in [-0.2, 0) is 38.8 Å². The highest BCUT2D eigenvalue weighted by Crippen LogP contribution is 2.30. The van der Waals surface area contributed by atoms with Crippen LogP contribution in [0, 0.1) is 0 Å². The monoisotopic (exact) mass is 560 g/mol. The second kappa shape index (κ2) is 12.6. The number of alkyl halides is 1. The van der Waals surface area contributed by atoms with E-state index in [2.05, 4.69) is 22.6 Å². The summed E-state index contributed by atoms with van der Waals surface area (Å²) in [5.41, 5.74) is 3.14. The molecule has 0 aliphatic carbocycles. The molecular weight excluding hydrogens is 531 g/mol. The van der Waals surface area contributed by atoms with Gasteiger partial charge in [-0.15, -0.1) is 0 Å². The predicted molar refractivity (Wildman–Crippen MR) is 135 cm³/mol. The van der Waals surface area contributed by atoms with E-state index in [0.29, 0.717) is 24.2 Å². The van der Waals surface area contributed by atoms with Crippen LogP contribution >= 0.6 is 22.6 Å². The molecule has 5 atom stereocenters. The Hall–Kier alpha value is -1.81. The van der Waals surface area contributed by atoms with Gasteiger partial charge in [0.05, 0.1) is 25.9 Å². The van der Waals surface area contributed by atoms with Gasteiger partial charge in [-0.2, -0.15) is 0 Å². The van der Waals surface area contributed by atoms with Gasteiger partial charge in [0.15, 0.2) is 6.29 Å². The number of halogens is 1. The molecule has 1 fully saturated rings. The molecular formula is C27H29IO5. The van der Waals surface area contributed by atoms with Gasteiger partial charge in [0.1, 0.15) is 18.3 Å². The van der Waals surface area contributed by atoms with Crippen molar-refractivity contribution in [3.63, 3.8) is 0 Å². The summed E-state index contributed by atoms with van der Waals surface area (Å²) in [6.45, 7) is 1.16. The molecule has 4 rings (SSSR count). The van der Waals surface area contributed by atoms with Crippen LogP contribution in [0.25, 0.3) is 0 Å². The lowest BCUT2D eigenvalue weighted by molar-refractivity contribution is -0.306. The molecule has 0 spiro atoms. The predicted octanol–water partition coefficient (Wildman–Crippen LogP) is 4.89. The quantitative estimate of drug-likeness (QED) is 0.283. The second-order valence-corrected chi connectivity index (χ2v) is 8.88. The summed E-state index contributed by atoms with van der Waals surface area (Å²) >= 11 is 2.26. The zero-order valence-corrected chi connectivity index (χ0v) is 20.5. The van der Waals surface area contributed by atoms with Crippen LogP contribution in [0.4, 0.5) is 0 Å². The van der Waals surface area contributed by atoms with Crippen LogP contribution in [-0.4, -0.2) is 40.2 Å².